The smallest absolute Gasteiger partial charge is 0.236 e. The Morgan fingerprint density at radius 2 is 2.31 bits per heavy atom. The van der Waals surface area contributed by atoms with Crippen molar-refractivity contribution in [3.05, 3.63) is 34.9 Å². The molecule has 16 heavy (non-hydrogen) atoms. The zero-order chi connectivity index (χ0) is 12.0. The number of halogens is 1. The lowest BCUT2D eigenvalue weighted by Crippen LogP contribution is -2.28. The van der Waals surface area contributed by atoms with E-state index >= 15 is 0 Å². The average Bonchev–Trinajstić information content (AvgIpc) is 2.26. The molecule has 0 saturated heterocycles. The van der Waals surface area contributed by atoms with Crippen LogP contribution in [-0.4, -0.2) is 24.4 Å². The number of rotatable bonds is 4. The van der Waals surface area contributed by atoms with Crippen LogP contribution in [0.4, 0.5) is 0 Å². The molecule has 0 spiro atoms. The summed E-state index contributed by atoms with van der Waals surface area (Å²) in [5.41, 5.74) is 1.09. The molecule has 0 atom stereocenters. The Labute approximate surface area is 100 Å². The van der Waals surface area contributed by atoms with Gasteiger partial charge in [-0.2, -0.15) is 5.26 Å². The Kier molecular flexibility index (Phi) is 4.81. The minimum absolute atomic E-state index is 0.0634. The molecule has 0 saturated carbocycles. The highest BCUT2D eigenvalue weighted by Crippen LogP contribution is 2.11. The number of carbonyl (C=O) groups excluding carboxylic acids is 1. The van der Waals surface area contributed by atoms with Crippen molar-refractivity contribution in [3.8, 4) is 6.07 Å². The third-order valence-electron chi connectivity index (χ3n) is 2.28. The highest BCUT2D eigenvalue weighted by Gasteiger charge is 2.07. The van der Waals surface area contributed by atoms with Gasteiger partial charge in [0.25, 0.3) is 0 Å². The predicted octanol–water partition coefficient (Wildman–Crippen LogP) is 2.25. The van der Waals surface area contributed by atoms with E-state index in [1.54, 1.807) is 11.9 Å². The lowest BCUT2D eigenvalue weighted by atomic mass is 10.1. The van der Waals surface area contributed by atoms with Gasteiger partial charge in [0, 0.05) is 18.6 Å². The summed E-state index contributed by atoms with van der Waals surface area (Å²) in [6, 6.07) is 9.39. The second-order valence-electron chi connectivity index (χ2n) is 3.53. The highest BCUT2D eigenvalue weighted by molar-refractivity contribution is 6.30. The third kappa shape index (κ3) is 3.92. The standard InChI is InChI=1S/C12H13ClN2O/c1-15(12(16)5-7-14)8-6-10-3-2-4-11(13)9-10/h2-4,9H,5-6,8H2,1H3. The van der Waals surface area contributed by atoms with E-state index in [4.69, 9.17) is 16.9 Å². The highest BCUT2D eigenvalue weighted by atomic mass is 35.5. The molecule has 0 fully saturated rings. The number of nitrogens with zero attached hydrogens (tertiary/aromatic N) is 2. The van der Waals surface area contributed by atoms with Crippen molar-refractivity contribution in [1.82, 2.24) is 4.90 Å². The van der Waals surface area contributed by atoms with E-state index in [0.717, 1.165) is 12.0 Å². The van der Waals surface area contributed by atoms with Gasteiger partial charge < -0.3 is 4.90 Å². The summed E-state index contributed by atoms with van der Waals surface area (Å²) in [5, 5.41) is 9.09. The number of hydrogen-bond acceptors (Lipinski definition) is 2. The fourth-order valence-corrected chi connectivity index (χ4v) is 1.53. The summed E-state index contributed by atoms with van der Waals surface area (Å²) in [6.45, 7) is 0.598. The molecule has 1 amide bonds. The second kappa shape index (κ2) is 6.14. The van der Waals surface area contributed by atoms with Gasteiger partial charge in [-0.05, 0) is 24.1 Å². The Balaban J connectivity index is 2.46. The minimum Gasteiger partial charge on any atom is -0.345 e. The molecule has 1 aromatic carbocycles. The van der Waals surface area contributed by atoms with Crippen molar-refractivity contribution in [2.45, 2.75) is 12.8 Å². The van der Waals surface area contributed by atoms with E-state index in [0.29, 0.717) is 11.6 Å². The normalized spacial score (nSPS) is 9.56. The fraction of sp³-hybridized carbons (Fsp3) is 0.333. The minimum atomic E-state index is -0.149. The molecule has 0 aliphatic heterocycles. The van der Waals surface area contributed by atoms with Gasteiger partial charge in [-0.1, -0.05) is 23.7 Å². The molecular formula is C12H13ClN2O. The van der Waals surface area contributed by atoms with Gasteiger partial charge in [0.05, 0.1) is 6.07 Å². The molecule has 0 aromatic heterocycles. The van der Waals surface area contributed by atoms with Gasteiger partial charge in [-0.3, -0.25) is 4.79 Å². The molecule has 0 unspecified atom stereocenters. The Morgan fingerprint density at radius 3 is 2.94 bits per heavy atom. The molecule has 0 bridgehead atoms. The van der Waals surface area contributed by atoms with Gasteiger partial charge in [0.1, 0.15) is 6.42 Å². The lowest BCUT2D eigenvalue weighted by molar-refractivity contribution is -0.128. The summed E-state index contributed by atoms with van der Waals surface area (Å²) in [7, 11) is 1.70. The van der Waals surface area contributed by atoms with Crippen LogP contribution in [0.25, 0.3) is 0 Å². The molecule has 1 rings (SSSR count). The molecule has 3 nitrogen and oxygen atoms in total. The molecular weight excluding hydrogens is 224 g/mol. The first-order valence-corrected chi connectivity index (χ1v) is 5.36. The molecule has 0 radical (unpaired) electrons. The van der Waals surface area contributed by atoms with Gasteiger partial charge in [-0.25, -0.2) is 0 Å². The zero-order valence-corrected chi connectivity index (χ0v) is 9.87. The van der Waals surface area contributed by atoms with Crippen molar-refractivity contribution in [3.63, 3.8) is 0 Å². The predicted molar refractivity (Wildman–Crippen MR) is 63.0 cm³/mol. The lowest BCUT2D eigenvalue weighted by Gasteiger charge is -2.15. The number of benzene rings is 1. The van der Waals surface area contributed by atoms with Crippen LogP contribution < -0.4 is 0 Å². The van der Waals surface area contributed by atoms with E-state index in [2.05, 4.69) is 0 Å². The van der Waals surface area contributed by atoms with Crippen molar-refractivity contribution in [2.24, 2.45) is 0 Å². The maximum Gasteiger partial charge on any atom is 0.236 e. The van der Waals surface area contributed by atoms with Gasteiger partial charge in [0.2, 0.25) is 5.91 Å². The van der Waals surface area contributed by atoms with E-state index in [-0.39, 0.29) is 12.3 Å². The van der Waals surface area contributed by atoms with Gasteiger partial charge >= 0.3 is 0 Å². The maximum absolute atomic E-state index is 11.3. The van der Waals surface area contributed by atoms with Crippen LogP contribution in [0.2, 0.25) is 5.02 Å². The first kappa shape index (κ1) is 12.5. The monoisotopic (exact) mass is 236 g/mol. The summed E-state index contributed by atoms with van der Waals surface area (Å²) in [6.07, 6.45) is 0.681. The van der Waals surface area contributed by atoms with Crippen LogP contribution in [-0.2, 0) is 11.2 Å². The molecule has 0 aliphatic carbocycles. The van der Waals surface area contributed by atoms with Crippen LogP contribution in [0.1, 0.15) is 12.0 Å². The SMILES string of the molecule is CN(CCc1cccc(Cl)c1)C(=O)CC#N. The summed E-state index contributed by atoms with van der Waals surface area (Å²) < 4.78 is 0. The quantitative estimate of drug-likeness (QED) is 0.805. The van der Waals surface area contributed by atoms with Crippen molar-refractivity contribution in [1.29, 1.82) is 5.26 Å². The van der Waals surface area contributed by atoms with Crippen molar-refractivity contribution >= 4 is 17.5 Å². The number of likely N-dealkylation sites (N-methyl/N-ethyl adjacent to an activating group) is 1. The van der Waals surface area contributed by atoms with Crippen LogP contribution in [0.15, 0.2) is 24.3 Å². The number of carbonyl (C=O) groups is 1. The molecule has 0 aliphatic rings. The first-order valence-electron chi connectivity index (χ1n) is 4.99. The molecule has 1 aromatic rings. The maximum atomic E-state index is 11.3. The van der Waals surface area contributed by atoms with E-state index in [1.165, 1.54) is 0 Å². The molecule has 0 heterocycles. The topological polar surface area (TPSA) is 44.1 Å². The third-order valence-corrected chi connectivity index (χ3v) is 2.52. The van der Waals surface area contributed by atoms with Crippen LogP contribution in [0, 0.1) is 11.3 Å². The summed E-state index contributed by atoms with van der Waals surface area (Å²) in [5.74, 6) is -0.149. The zero-order valence-electron chi connectivity index (χ0n) is 9.11. The first-order chi connectivity index (χ1) is 7.63. The van der Waals surface area contributed by atoms with Gasteiger partial charge in [0.15, 0.2) is 0 Å². The van der Waals surface area contributed by atoms with Gasteiger partial charge in [-0.15, -0.1) is 0 Å². The number of nitriles is 1. The van der Waals surface area contributed by atoms with Crippen molar-refractivity contribution in [2.75, 3.05) is 13.6 Å². The van der Waals surface area contributed by atoms with E-state index < -0.39 is 0 Å². The van der Waals surface area contributed by atoms with Crippen molar-refractivity contribution < 1.29 is 4.79 Å². The summed E-state index contributed by atoms with van der Waals surface area (Å²) >= 11 is 5.85. The van der Waals surface area contributed by atoms with E-state index in [1.807, 2.05) is 30.3 Å². The number of hydrogen-bond donors (Lipinski definition) is 0. The van der Waals surface area contributed by atoms with Crippen LogP contribution in [0.3, 0.4) is 0 Å². The Bertz CT molecular complexity index is 412. The van der Waals surface area contributed by atoms with Crippen LogP contribution >= 0.6 is 11.6 Å². The summed E-state index contributed by atoms with van der Waals surface area (Å²) in [4.78, 5) is 12.9. The fourth-order valence-electron chi connectivity index (χ4n) is 1.32. The Morgan fingerprint density at radius 1 is 1.56 bits per heavy atom. The number of amides is 1. The average molecular weight is 237 g/mol. The molecule has 0 N–H and O–H groups in total. The molecule has 4 heteroatoms. The Hall–Kier alpha value is -1.53. The largest absolute Gasteiger partial charge is 0.345 e. The molecule has 84 valence electrons. The second-order valence-corrected chi connectivity index (χ2v) is 3.97. The van der Waals surface area contributed by atoms with E-state index in [9.17, 15) is 4.79 Å². The van der Waals surface area contributed by atoms with Crippen LogP contribution in [0.5, 0.6) is 0 Å².